The Morgan fingerprint density at radius 2 is 1.96 bits per heavy atom. The van der Waals surface area contributed by atoms with E-state index in [2.05, 4.69) is 21.3 Å². The molecule has 0 spiro atoms. The molecule has 1 heterocycles. The number of methoxy groups -OCH3 is 1. The second-order valence-electron chi connectivity index (χ2n) is 6.34. The van der Waals surface area contributed by atoms with Crippen LogP contribution in [0.5, 0.6) is 11.5 Å². The van der Waals surface area contributed by atoms with Crippen molar-refractivity contribution in [3.05, 3.63) is 53.6 Å². The van der Waals surface area contributed by atoms with E-state index in [4.69, 9.17) is 15.9 Å². The van der Waals surface area contributed by atoms with Crippen molar-refractivity contribution in [2.75, 3.05) is 31.7 Å². The van der Waals surface area contributed by atoms with Crippen LogP contribution in [0.15, 0.2) is 47.6 Å². The van der Waals surface area contributed by atoms with Crippen LogP contribution in [-0.4, -0.2) is 38.9 Å². The maximum atomic E-state index is 12.3. The summed E-state index contributed by atoms with van der Waals surface area (Å²) in [6.07, 6.45) is 9.19. The monoisotopic (exact) mass is 377 g/mol. The van der Waals surface area contributed by atoms with Crippen LogP contribution in [0.25, 0.3) is 0 Å². The molecule has 0 unspecified atom stereocenters. The predicted molar refractivity (Wildman–Crippen MR) is 110 cm³/mol. The van der Waals surface area contributed by atoms with E-state index in [1.54, 1.807) is 31.5 Å². The molecule has 0 aliphatic carbocycles. The van der Waals surface area contributed by atoms with Gasteiger partial charge in [-0.1, -0.05) is 5.92 Å². The molecule has 144 valence electrons. The maximum absolute atomic E-state index is 12.3. The number of nitrogens with zero attached hydrogens (tertiary/aromatic N) is 2. The van der Waals surface area contributed by atoms with Gasteiger partial charge in [-0.2, -0.15) is 5.10 Å². The summed E-state index contributed by atoms with van der Waals surface area (Å²) < 4.78 is 10.7. The van der Waals surface area contributed by atoms with Gasteiger partial charge in [0.2, 0.25) is 0 Å². The van der Waals surface area contributed by atoms with Gasteiger partial charge in [-0.3, -0.25) is 4.79 Å². The van der Waals surface area contributed by atoms with Crippen LogP contribution in [0.2, 0.25) is 0 Å². The fraction of sp³-hybridized carbons (Fsp3) is 0.273. The minimum atomic E-state index is -0.259. The van der Waals surface area contributed by atoms with Crippen LogP contribution in [0.1, 0.15) is 28.8 Å². The highest BCUT2D eigenvalue weighted by atomic mass is 16.5. The summed E-state index contributed by atoms with van der Waals surface area (Å²) >= 11 is 0. The van der Waals surface area contributed by atoms with E-state index in [0.717, 1.165) is 24.3 Å². The second kappa shape index (κ2) is 9.47. The lowest BCUT2D eigenvalue weighted by atomic mass is 10.2. The average molecular weight is 377 g/mol. The van der Waals surface area contributed by atoms with Crippen LogP contribution in [0.3, 0.4) is 0 Å². The van der Waals surface area contributed by atoms with Gasteiger partial charge in [0.15, 0.2) is 11.5 Å². The van der Waals surface area contributed by atoms with Crippen molar-refractivity contribution in [3.8, 4) is 23.8 Å². The zero-order valence-electron chi connectivity index (χ0n) is 15.9. The van der Waals surface area contributed by atoms with Crippen molar-refractivity contribution in [1.29, 1.82) is 0 Å². The van der Waals surface area contributed by atoms with Crippen molar-refractivity contribution >= 4 is 17.8 Å². The van der Waals surface area contributed by atoms with Gasteiger partial charge in [0, 0.05) is 24.3 Å². The number of terminal acetylenes is 1. The van der Waals surface area contributed by atoms with Crippen LogP contribution >= 0.6 is 0 Å². The number of carbonyl (C=O) groups excluding carboxylic acids is 1. The summed E-state index contributed by atoms with van der Waals surface area (Å²) in [5.41, 5.74) is 5.02. The van der Waals surface area contributed by atoms with Crippen LogP contribution in [-0.2, 0) is 0 Å². The Kier molecular flexibility index (Phi) is 6.53. The van der Waals surface area contributed by atoms with Crippen molar-refractivity contribution in [3.63, 3.8) is 0 Å². The Balaban J connectivity index is 1.59. The SMILES string of the molecule is C#CCOc1ccc(/C=N\NC(=O)c2ccc(N3CCCC3)cc2)cc1OC. The molecule has 1 saturated heterocycles. The minimum absolute atomic E-state index is 0.163. The number of anilines is 1. The van der Waals surface area contributed by atoms with E-state index >= 15 is 0 Å². The molecule has 2 aromatic carbocycles. The molecule has 1 amide bonds. The van der Waals surface area contributed by atoms with Gasteiger partial charge in [0.05, 0.1) is 13.3 Å². The summed E-state index contributed by atoms with van der Waals surface area (Å²) in [4.78, 5) is 14.6. The van der Waals surface area contributed by atoms with E-state index in [0.29, 0.717) is 17.1 Å². The number of hydrogen-bond donors (Lipinski definition) is 1. The topological polar surface area (TPSA) is 63.2 Å². The summed E-state index contributed by atoms with van der Waals surface area (Å²) in [6, 6.07) is 12.9. The van der Waals surface area contributed by atoms with E-state index in [-0.39, 0.29) is 12.5 Å². The molecule has 0 aromatic heterocycles. The third-order valence-electron chi connectivity index (χ3n) is 4.48. The summed E-state index contributed by atoms with van der Waals surface area (Å²) in [6.45, 7) is 2.31. The summed E-state index contributed by atoms with van der Waals surface area (Å²) in [7, 11) is 1.55. The summed E-state index contributed by atoms with van der Waals surface area (Å²) in [5.74, 6) is 3.25. The first-order valence-corrected chi connectivity index (χ1v) is 9.14. The number of hydrazone groups is 1. The molecular formula is C22H23N3O3. The first-order valence-electron chi connectivity index (χ1n) is 9.14. The molecule has 1 aliphatic rings. The standard InChI is InChI=1S/C22H23N3O3/c1-3-14-28-20-11-6-17(15-21(20)27-2)16-23-24-22(26)18-7-9-19(10-8-18)25-12-4-5-13-25/h1,6-11,15-16H,4-5,12-14H2,2H3,(H,24,26)/b23-16-. The van der Waals surface area contributed by atoms with Crippen LogP contribution < -0.4 is 19.8 Å². The largest absolute Gasteiger partial charge is 0.493 e. The molecule has 6 heteroatoms. The van der Waals surface area contributed by atoms with Gasteiger partial charge in [-0.05, 0) is 60.9 Å². The number of amides is 1. The van der Waals surface area contributed by atoms with Crippen molar-refractivity contribution < 1.29 is 14.3 Å². The van der Waals surface area contributed by atoms with Gasteiger partial charge in [-0.25, -0.2) is 5.43 Å². The Bertz CT molecular complexity index is 879. The quantitative estimate of drug-likeness (QED) is 0.458. The normalized spacial score (nSPS) is 13.4. The smallest absolute Gasteiger partial charge is 0.271 e. The molecule has 3 rings (SSSR count). The molecule has 28 heavy (non-hydrogen) atoms. The number of nitrogens with one attached hydrogen (secondary N) is 1. The molecule has 1 N–H and O–H groups in total. The minimum Gasteiger partial charge on any atom is -0.493 e. The highest BCUT2D eigenvalue weighted by molar-refractivity contribution is 5.95. The number of hydrogen-bond acceptors (Lipinski definition) is 5. The summed E-state index contributed by atoms with van der Waals surface area (Å²) in [5, 5.41) is 4.02. The zero-order chi connectivity index (χ0) is 19.8. The third kappa shape index (κ3) is 4.83. The van der Waals surface area contributed by atoms with Gasteiger partial charge in [-0.15, -0.1) is 6.42 Å². The Labute approximate surface area is 165 Å². The van der Waals surface area contributed by atoms with Crippen molar-refractivity contribution in [2.45, 2.75) is 12.8 Å². The maximum Gasteiger partial charge on any atom is 0.271 e. The predicted octanol–water partition coefficient (Wildman–Crippen LogP) is 3.07. The van der Waals surface area contributed by atoms with E-state index in [1.165, 1.54) is 12.8 Å². The number of ether oxygens (including phenoxy) is 2. The molecular weight excluding hydrogens is 354 g/mol. The first kappa shape index (κ1) is 19.3. The highest BCUT2D eigenvalue weighted by Crippen LogP contribution is 2.27. The Morgan fingerprint density at radius 1 is 1.21 bits per heavy atom. The molecule has 0 saturated carbocycles. The third-order valence-corrected chi connectivity index (χ3v) is 4.48. The lowest BCUT2D eigenvalue weighted by molar-refractivity contribution is 0.0955. The van der Waals surface area contributed by atoms with E-state index in [9.17, 15) is 4.79 Å². The molecule has 1 fully saturated rings. The van der Waals surface area contributed by atoms with Crippen LogP contribution in [0, 0.1) is 12.3 Å². The molecule has 0 bridgehead atoms. The highest BCUT2D eigenvalue weighted by Gasteiger charge is 2.13. The van der Waals surface area contributed by atoms with Gasteiger partial charge in [0.25, 0.3) is 5.91 Å². The van der Waals surface area contributed by atoms with E-state index < -0.39 is 0 Å². The van der Waals surface area contributed by atoms with Gasteiger partial charge >= 0.3 is 0 Å². The fourth-order valence-electron chi connectivity index (χ4n) is 3.03. The number of benzene rings is 2. The number of carbonyl (C=O) groups is 1. The molecule has 6 nitrogen and oxygen atoms in total. The average Bonchev–Trinajstić information content (AvgIpc) is 3.27. The molecule has 2 aromatic rings. The lowest BCUT2D eigenvalue weighted by Crippen LogP contribution is -2.19. The van der Waals surface area contributed by atoms with Gasteiger partial charge in [0.1, 0.15) is 6.61 Å². The second-order valence-corrected chi connectivity index (χ2v) is 6.34. The molecule has 0 radical (unpaired) electrons. The fourth-order valence-corrected chi connectivity index (χ4v) is 3.03. The first-order chi connectivity index (χ1) is 13.7. The zero-order valence-corrected chi connectivity index (χ0v) is 15.9. The van der Waals surface area contributed by atoms with E-state index in [1.807, 2.05) is 24.3 Å². The molecule has 0 atom stereocenters. The number of rotatable bonds is 7. The Hall–Kier alpha value is -3.46. The Morgan fingerprint density at radius 3 is 2.64 bits per heavy atom. The molecule has 1 aliphatic heterocycles. The van der Waals surface area contributed by atoms with Crippen molar-refractivity contribution in [2.24, 2.45) is 5.10 Å². The van der Waals surface area contributed by atoms with Gasteiger partial charge < -0.3 is 14.4 Å². The van der Waals surface area contributed by atoms with Crippen molar-refractivity contribution in [1.82, 2.24) is 5.43 Å². The lowest BCUT2D eigenvalue weighted by Gasteiger charge is -2.17. The van der Waals surface area contributed by atoms with Crippen LogP contribution in [0.4, 0.5) is 5.69 Å².